The largest absolute Gasteiger partial charge is 0.507 e. The third-order valence-corrected chi connectivity index (χ3v) is 22.4. The van der Waals surface area contributed by atoms with Crippen molar-refractivity contribution in [1.29, 1.82) is 0 Å². The molecule has 8 N–H and O–H groups in total. The van der Waals surface area contributed by atoms with E-state index in [-0.39, 0.29) is 128 Å². The molecule has 16 bridgehead atoms. The van der Waals surface area contributed by atoms with Crippen LogP contribution >= 0.6 is 0 Å². The Labute approximate surface area is 612 Å². The molecule has 10 rings (SSSR count). The molecule has 8 aromatic carbocycles. The van der Waals surface area contributed by atoms with E-state index >= 15 is 0 Å². The molecular weight excluding hydrogens is 1260 g/mol. The number of hydrogen-bond acceptors (Lipinski definition) is 8. The Bertz CT molecular complexity index is 3950. The molecular formula is C94H122O8. The average Bonchev–Trinajstić information content (AvgIpc) is 0.761. The highest BCUT2D eigenvalue weighted by atomic mass is 16.3. The van der Waals surface area contributed by atoms with Crippen LogP contribution in [0.1, 0.15) is 350 Å². The molecule has 0 radical (unpaired) electrons. The summed E-state index contributed by atoms with van der Waals surface area (Å²) >= 11 is 0. The molecule has 0 aromatic heterocycles. The highest BCUT2D eigenvalue weighted by Crippen LogP contribution is 2.52. The number of hydrogen-bond donors (Lipinski definition) is 8. The van der Waals surface area contributed by atoms with E-state index < -0.39 is 11.8 Å². The van der Waals surface area contributed by atoms with Gasteiger partial charge in [0.05, 0.1) is 0 Å². The Morgan fingerprint density at radius 2 is 0.324 bits per heavy atom. The first-order valence-electron chi connectivity index (χ1n) is 37.7. The van der Waals surface area contributed by atoms with Crippen molar-refractivity contribution in [2.24, 2.45) is 0 Å². The standard InChI is InChI=1S/C94H122O8/c1-87(2,3)65-37-53-31-54-38-66(88(4,5)6)42-58(80(54)96)34-62-46-70(92(16,17)18)50-76(84(62)100)73(75-49-69(91(13,14)15)45-61(83(75)99)33-57(41-65)79(53)95)29-27-25-26-28-30-74-77-51-71(93(19,20)21)47-63(85(77)101)35-59-43-67(89(7,8)9)39-55(81(59)97)32-56-40-68(90(10,11)12)44-60(82(56)98)36-64-48-72(94(22,23)24)52-78(74)86(64)102/h37-52,73-74,95-102H,25-36H2,1-24H3. The van der Waals surface area contributed by atoms with Crippen LogP contribution in [0.25, 0.3) is 0 Å². The molecule has 102 heavy (non-hydrogen) atoms. The van der Waals surface area contributed by atoms with Gasteiger partial charge in [0.1, 0.15) is 46.0 Å². The summed E-state index contributed by atoms with van der Waals surface area (Å²) in [6, 6.07) is 33.6. The fourth-order valence-electron chi connectivity index (χ4n) is 15.3. The zero-order valence-corrected chi connectivity index (χ0v) is 66.5. The third-order valence-electron chi connectivity index (χ3n) is 22.4. The molecule has 0 saturated carbocycles. The highest BCUT2D eigenvalue weighted by Gasteiger charge is 2.35. The second-order valence-corrected chi connectivity index (χ2v) is 39.0. The first-order chi connectivity index (χ1) is 46.9. The van der Waals surface area contributed by atoms with E-state index in [0.29, 0.717) is 102 Å². The Morgan fingerprint density at radius 1 is 0.196 bits per heavy atom. The Hall–Kier alpha value is -7.84. The molecule has 0 aliphatic heterocycles. The SMILES string of the molecule is CC(C)(C)c1cc2c(O)c(c1)Cc1cc(C(C)(C)C)cc(c1O)C(CCCCCCC1c3cc(C(C)(C)C)cc(c3O)Cc3cc(C(C)(C)C)cc(c3O)Cc3cc(C(C)(C)C)cc(c3O)Cc3cc(C(C)(C)C)cc1c3O)c1cc(C(C)(C)C)cc(c1O)Cc1cc(C(C)(C)C)cc(c1O)C2. The van der Waals surface area contributed by atoms with Crippen LogP contribution in [0.5, 0.6) is 46.0 Å². The second-order valence-electron chi connectivity index (χ2n) is 39.0. The van der Waals surface area contributed by atoms with E-state index in [4.69, 9.17) is 0 Å². The van der Waals surface area contributed by atoms with Crippen LogP contribution in [0.4, 0.5) is 0 Å². The van der Waals surface area contributed by atoms with Crippen molar-refractivity contribution >= 4 is 0 Å². The Morgan fingerprint density at radius 3 is 0.461 bits per heavy atom. The van der Waals surface area contributed by atoms with E-state index in [2.05, 4.69) is 263 Å². The van der Waals surface area contributed by atoms with E-state index in [1.165, 1.54) is 0 Å². The molecule has 8 aromatic rings. The predicted octanol–water partition coefficient (Wildman–Crippen LogP) is 23.2. The fraction of sp³-hybridized carbons (Fsp3) is 0.489. The lowest BCUT2D eigenvalue weighted by atomic mass is 9.75. The summed E-state index contributed by atoms with van der Waals surface area (Å²) in [5.74, 6) is 0.174. The van der Waals surface area contributed by atoms with Crippen LogP contribution in [-0.2, 0) is 81.8 Å². The summed E-state index contributed by atoms with van der Waals surface area (Å²) in [5.41, 5.74) is 16.9. The van der Waals surface area contributed by atoms with Gasteiger partial charge in [-0.15, -0.1) is 0 Å². The minimum Gasteiger partial charge on any atom is -0.507 e. The molecule has 546 valence electrons. The summed E-state index contributed by atoms with van der Waals surface area (Å²) in [7, 11) is 0. The summed E-state index contributed by atoms with van der Waals surface area (Å²) in [5, 5.41) is 103. The van der Waals surface area contributed by atoms with Gasteiger partial charge in [-0.25, -0.2) is 0 Å². The van der Waals surface area contributed by atoms with Crippen molar-refractivity contribution in [3.8, 4) is 46.0 Å². The lowest BCUT2D eigenvalue weighted by Crippen LogP contribution is -2.17. The van der Waals surface area contributed by atoms with Gasteiger partial charge in [0.25, 0.3) is 0 Å². The van der Waals surface area contributed by atoms with Crippen molar-refractivity contribution in [3.05, 3.63) is 231 Å². The minimum absolute atomic E-state index is 0.144. The lowest BCUT2D eigenvalue weighted by Gasteiger charge is -2.30. The van der Waals surface area contributed by atoms with Gasteiger partial charge in [-0.3, -0.25) is 0 Å². The molecule has 2 aliphatic rings. The van der Waals surface area contributed by atoms with Crippen molar-refractivity contribution in [2.75, 3.05) is 0 Å². The van der Waals surface area contributed by atoms with Gasteiger partial charge >= 0.3 is 0 Å². The number of rotatable bonds is 7. The van der Waals surface area contributed by atoms with Gasteiger partial charge in [-0.05, 0) is 167 Å². The van der Waals surface area contributed by atoms with Crippen LogP contribution < -0.4 is 0 Å². The molecule has 0 amide bonds. The molecule has 0 fully saturated rings. The Kier molecular flexibility index (Phi) is 20.6. The summed E-state index contributed by atoms with van der Waals surface area (Å²) in [6.45, 7) is 52.3. The van der Waals surface area contributed by atoms with Gasteiger partial charge in [0, 0.05) is 72.6 Å². The zero-order valence-electron chi connectivity index (χ0n) is 66.5. The topological polar surface area (TPSA) is 162 Å². The number of phenols is 8. The molecule has 0 spiro atoms. The number of aromatic hydroxyl groups is 8. The number of fused-ring (bicyclic) bond motifs is 16. The van der Waals surface area contributed by atoms with Crippen LogP contribution in [0.15, 0.2) is 97.1 Å². The van der Waals surface area contributed by atoms with E-state index in [9.17, 15) is 40.9 Å². The van der Waals surface area contributed by atoms with E-state index in [0.717, 1.165) is 70.2 Å². The molecule has 0 heterocycles. The van der Waals surface area contributed by atoms with Gasteiger partial charge in [-0.2, -0.15) is 0 Å². The van der Waals surface area contributed by atoms with Crippen LogP contribution in [-0.4, -0.2) is 40.9 Å². The lowest BCUT2D eigenvalue weighted by molar-refractivity contribution is 0.432. The van der Waals surface area contributed by atoms with Crippen molar-refractivity contribution < 1.29 is 40.9 Å². The molecule has 8 nitrogen and oxygen atoms in total. The smallest absolute Gasteiger partial charge is 0.122 e. The predicted molar refractivity (Wildman–Crippen MR) is 423 cm³/mol. The molecule has 0 unspecified atom stereocenters. The van der Waals surface area contributed by atoms with Gasteiger partial charge in [0.2, 0.25) is 0 Å². The van der Waals surface area contributed by atoms with Crippen LogP contribution in [0.2, 0.25) is 0 Å². The molecule has 0 atom stereocenters. The number of phenolic OH excluding ortho intramolecular Hbond substituents is 8. The fourth-order valence-corrected chi connectivity index (χ4v) is 15.3. The van der Waals surface area contributed by atoms with Crippen molar-refractivity contribution in [3.63, 3.8) is 0 Å². The monoisotopic (exact) mass is 1380 g/mol. The van der Waals surface area contributed by atoms with E-state index in [1.54, 1.807) is 0 Å². The van der Waals surface area contributed by atoms with Gasteiger partial charge in [0.15, 0.2) is 0 Å². The first kappa shape index (κ1) is 76.8. The molecule has 2 aliphatic carbocycles. The average molecular weight is 1380 g/mol. The van der Waals surface area contributed by atoms with Crippen LogP contribution in [0, 0.1) is 0 Å². The molecule has 8 heteroatoms. The van der Waals surface area contributed by atoms with Gasteiger partial charge < -0.3 is 40.9 Å². The van der Waals surface area contributed by atoms with Crippen LogP contribution in [0.3, 0.4) is 0 Å². The first-order valence-corrected chi connectivity index (χ1v) is 37.7. The summed E-state index contributed by atoms with van der Waals surface area (Å²) in [6.07, 6.45) is 5.65. The second kappa shape index (κ2) is 27.3. The quantitative estimate of drug-likeness (QED) is 0.0732. The number of unbranched alkanes of at least 4 members (excludes halogenated alkanes) is 3. The van der Waals surface area contributed by atoms with Crippen molar-refractivity contribution in [2.45, 2.75) is 298 Å². The van der Waals surface area contributed by atoms with Crippen molar-refractivity contribution in [1.82, 2.24) is 0 Å². The zero-order chi connectivity index (χ0) is 75.4. The molecule has 0 saturated heterocycles. The van der Waals surface area contributed by atoms with Gasteiger partial charge in [-0.1, -0.05) is 289 Å². The summed E-state index contributed by atoms with van der Waals surface area (Å²) < 4.78 is 0. The highest BCUT2D eigenvalue weighted by molar-refractivity contribution is 5.64. The van der Waals surface area contributed by atoms with E-state index in [1.807, 2.05) is 0 Å². The maximum Gasteiger partial charge on any atom is 0.122 e. The normalized spacial score (nSPS) is 14.7. The number of benzene rings is 8. The third kappa shape index (κ3) is 16.2. The maximum atomic E-state index is 13.2. The Balaban J connectivity index is 1.12. The minimum atomic E-state index is -0.492. The maximum absolute atomic E-state index is 13.2. The summed E-state index contributed by atoms with van der Waals surface area (Å²) in [4.78, 5) is 0.